The lowest BCUT2D eigenvalue weighted by Crippen LogP contribution is -2.52. The third-order valence-electron chi connectivity index (χ3n) is 5.75. The van der Waals surface area contributed by atoms with E-state index in [9.17, 15) is 0 Å². The summed E-state index contributed by atoms with van der Waals surface area (Å²) in [6.07, 6.45) is 1.68. The van der Waals surface area contributed by atoms with Crippen LogP contribution in [0.25, 0.3) is 22.4 Å². The summed E-state index contributed by atoms with van der Waals surface area (Å²) in [5.74, 6) is 1.07. The molecule has 0 saturated carbocycles. The summed E-state index contributed by atoms with van der Waals surface area (Å²) in [6.45, 7) is 2.76. The molecule has 0 spiro atoms. The van der Waals surface area contributed by atoms with E-state index in [4.69, 9.17) is 20.8 Å². The van der Waals surface area contributed by atoms with Crippen LogP contribution >= 0.6 is 11.6 Å². The molecule has 4 aromatic rings. The third kappa shape index (κ3) is 4.14. The number of hydrogen-bond acceptors (Lipinski definition) is 7. The number of aromatic nitrogens is 2. The Labute approximate surface area is 191 Å². The van der Waals surface area contributed by atoms with Crippen LogP contribution in [0.1, 0.15) is 0 Å². The number of furan rings is 1. The third-order valence-corrected chi connectivity index (χ3v) is 6.03. The van der Waals surface area contributed by atoms with Crippen LogP contribution in [-0.2, 0) is 4.74 Å². The van der Waals surface area contributed by atoms with E-state index in [1.54, 1.807) is 13.3 Å². The Morgan fingerprint density at radius 2 is 1.94 bits per heavy atom. The summed E-state index contributed by atoms with van der Waals surface area (Å²) in [7, 11) is 3.84. The number of anilines is 3. The van der Waals surface area contributed by atoms with Crippen molar-refractivity contribution in [2.45, 2.75) is 6.23 Å². The van der Waals surface area contributed by atoms with Gasteiger partial charge in [-0.1, -0.05) is 29.8 Å². The molecule has 32 heavy (non-hydrogen) atoms. The minimum Gasteiger partial charge on any atom is -0.454 e. The Morgan fingerprint density at radius 3 is 2.72 bits per heavy atom. The fraction of sp³-hybridized carbons (Fsp3) is 0.250. The maximum atomic E-state index is 6.37. The number of ether oxygens (including phenoxy) is 1. The molecular formula is C24H24ClN5O2. The first-order valence-electron chi connectivity index (χ1n) is 10.5. The number of halogens is 1. The highest BCUT2D eigenvalue weighted by molar-refractivity contribution is 6.32. The van der Waals surface area contributed by atoms with Crippen LogP contribution in [0.3, 0.4) is 0 Å². The largest absolute Gasteiger partial charge is 0.454 e. The first-order valence-corrected chi connectivity index (χ1v) is 10.8. The summed E-state index contributed by atoms with van der Waals surface area (Å²) >= 11 is 6.37. The Hall–Kier alpha value is -3.13. The zero-order valence-corrected chi connectivity index (χ0v) is 18.7. The number of nitrogens with zero attached hydrogens (tertiary/aromatic N) is 4. The van der Waals surface area contributed by atoms with Crippen LogP contribution in [0, 0.1) is 0 Å². The number of likely N-dealkylation sites (N-methyl/N-ethyl adjacent to an activating group) is 1. The van der Waals surface area contributed by atoms with Crippen LogP contribution in [0.2, 0.25) is 5.02 Å². The standard InChI is InChI=1S/C24H24ClN5O2/c1-29-11-12-30(15-22(29)31-2)18-9-7-17(8-10-18)27-24-26-14-19(25)23(28-24)21-13-16-5-3-4-6-20(16)32-21/h3-10,13-14,22H,11-12,15H2,1-2H3,(H,26,27,28). The minimum absolute atomic E-state index is 0.0979. The molecule has 0 radical (unpaired) electrons. The minimum atomic E-state index is 0.0979. The van der Waals surface area contributed by atoms with Crippen molar-refractivity contribution in [3.05, 3.63) is 65.8 Å². The molecule has 8 heteroatoms. The van der Waals surface area contributed by atoms with E-state index >= 15 is 0 Å². The van der Waals surface area contributed by atoms with E-state index in [0.29, 0.717) is 22.4 Å². The highest BCUT2D eigenvalue weighted by Crippen LogP contribution is 2.32. The Balaban J connectivity index is 1.34. The van der Waals surface area contributed by atoms with Crippen LogP contribution in [0.15, 0.2) is 65.2 Å². The van der Waals surface area contributed by atoms with Gasteiger partial charge in [-0.05, 0) is 43.4 Å². The van der Waals surface area contributed by atoms with Gasteiger partial charge in [-0.15, -0.1) is 0 Å². The normalized spacial score (nSPS) is 17.1. The molecule has 2 aromatic heterocycles. The number of nitrogens with one attached hydrogen (secondary N) is 1. The molecule has 1 atom stereocenters. The van der Waals surface area contributed by atoms with E-state index in [1.807, 2.05) is 42.5 Å². The lowest BCUT2D eigenvalue weighted by Gasteiger charge is -2.39. The number of benzene rings is 2. The van der Waals surface area contributed by atoms with Gasteiger partial charge >= 0.3 is 0 Å². The molecule has 1 saturated heterocycles. The first-order chi connectivity index (χ1) is 15.6. The van der Waals surface area contributed by atoms with Gasteiger partial charge in [0.15, 0.2) is 5.76 Å². The Bertz CT molecular complexity index is 1190. The average Bonchev–Trinajstić information content (AvgIpc) is 3.25. The molecule has 0 bridgehead atoms. The molecule has 2 aromatic carbocycles. The van der Waals surface area contributed by atoms with Crippen LogP contribution in [-0.4, -0.2) is 54.9 Å². The summed E-state index contributed by atoms with van der Waals surface area (Å²) in [5.41, 5.74) is 3.40. The summed E-state index contributed by atoms with van der Waals surface area (Å²) in [4.78, 5) is 13.5. The quantitative estimate of drug-likeness (QED) is 0.459. The van der Waals surface area contributed by atoms with E-state index in [2.05, 4.69) is 44.3 Å². The molecule has 0 aliphatic carbocycles. The van der Waals surface area contributed by atoms with Gasteiger partial charge in [0.05, 0.1) is 17.8 Å². The van der Waals surface area contributed by atoms with Gasteiger partial charge in [0.1, 0.15) is 17.5 Å². The fourth-order valence-electron chi connectivity index (χ4n) is 3.91. The van der Waals surface area contributed by atoms with Gasteiger partial charge in [0, 0.05) is 37.0 Å². The second-order valence-corrected chi connectivity index (χ2v) is 8.23. The van der Waals surface area contributed by atoms with Crippen LogP contribution in [0.4, 0.5) is 17.3 Å². The second kappa shape index (κ2) is 8.78. The Morgan fingerprint density at radius 1 is 1.12 bits per heavy atom. The first kappa shape index (κ1) is 20.8. The molecule has 164 valence electrons. The van der Waals surface area contributed by atoms with Gasteiger partial charge in [0.2, 0.25) is 5.95 Å². The van der Waals surface area contributed by atoms with Gasteiger partial charge in [-0.2, -0.15) is 0 Å². The van der Waals surface area contributed by atoms with Crippen molar-refractivity contribution >= 4 is 39.9 Å². The molecular weight excluding hydrogens is 426 g/mol. The second-order valence-electron chi connectivity index (χ2n) is 7.83. The number of para-hydroxylation sites is 1. The van der Waals surface area contributed by atoms with Crippen LogP contribution < -0.4 is 10.2 Å². The highest BCUT2D eigenvalue weighted by Gasteiger charge is 2.24. The van der Waals surface area contributed by atoms with Crippen molar-refractivity contribution in [1.82, 2.24) is 14.9 Å². The molecule has 5 rings (SSSR count). The predicted octanol–water partition coefficient (Wildman–Crippen LogP) is 5.01. The van der Waals surface area contributed by atoms with Gasteiger partial charge in [-0.3, -0.25) is 4.90 Å². The Kier molecular flexibility index (Phi) is 5.70. The van der Waals surface area contributed by atoms with Crippen molar-refractivity contribution in [3.63, 3.8) is 0 Å². The molecule has 3 heterocycles. The SMILES string of the molecule is COC1CN(c2ccc(Nc3ncc(Cl)c(-c4cc5ccccc5o4)n3)cc2)CCN1C. The summed E-state index contributed by atoms with van der Waals surface area (Å²) in [5, 5.41) is 4.70. The topological polar surface area (TPSA) is 66.7 Å². The molecule has 1 unspecified atom stereocenters. The fourth-order valence-corrected chi connectivity index (χ4v) is 4.10. The zero-order valence-electron chi connectivity index (χ0n) is 18.0. The lowest BCUT2D eigenvalue weighted by atomic mass is 10.2. The van der Waals surface area contributed by atoms with Crippen molar-refractivity contribution in [2.24, 2.45) is 0 Å². The van der Waals surface area contributed by atoms with E-state index in [0.717, 1.165) is 42.0 Å². The van der Waals surface area contributed by atoms with Gasteiger partial charge in [-0.25, -0.2) is 9.97 Å². The van der Waals surface area contributed by atoms with Crippen molar-refractivity contribution in [2.75, 3.05) is 44.0 Å². The average molecular weight is 450 g/mol. The monoisotopic (exact) mass is 449 g/mol. The van der Waals surface area contributed by atoms with Crippen molar-refractivity contribution < 1.29 is 9.15 Å². The van der Waals surface area contributed by atoms with Crippen LogP contribution in [0.5, 0.6) is 0 Å². The number of fused-ring (bicyclic) bond motifs is 1. The molecule has 1 aliphatic rings. The van der Waals surface area contributed by atoms with Crippen molar-refractivity contribution in [3.8, 4) is 11.5 Å². The summed E-state index contributed by atoms with van der Waals surface area (Å²) < 4.78 is 11.5. The molecule has 7 nitrogen and oxygen atoms in total. The number of methoxy groups -OCH3 is 1. The predicted molar refractivity (Wildman–Crippen MR) is 128 cm³/mol. The number of rotatable bonds is 5. The molecule has 1 N–H and O–H groups in total. The van der Waals surface area contributed by atoms with E-state index < -0.39 is 0 Å². The van der Waals surface area contributed by atoms with Gasteiger partial charge < -0.3 is 19.4 Å². The van der Waals surface area contributed by atoms with E-state index in [-0.39, 0.29) is 6.23 Å². The zero-order chi connectivity index (χ0) is 22.1. The van der Waals surface area contributed by atoms with E-state index in [1.165, 1.54) is 0 Å². The number of hydrogen-bond donors (Lipinski definition) is 1. The maximum absolute atomic E-state index is 6.37. The molecule has 0 amide bonds. The highest BCUT2D eigenvalue weighted by atomic mass is 35.5. The smallest absolute Gasteiger partial charge is 0.227 e. The van der Waals surface area contributed by atoms with Gasteiger partial charge in [0.25, 0.3) is 0 Å². The number of piperazine rings is 1. The molecule has 1 fully saturated rings. The summed E-state index contributed by atoms with van der Waals surface area (Å²) in [6, 6.07) is 18.0. The molecule has 1 aliphatic heterocycles. The van der Waals surface area contributed by atoms with Crippen molar-refractivity contribution in [1.29, 1.82) is 0 Å². The maximum Gasteiger partial charge on any atom is 0.227 e. The lowest BCUT2D eigenvalue weighted by molar-refractivity contribution is -0.0225.